The molecule has 1 saturated heterocycles. The Bertz CT molecular complexity index is 1090. The lowest BCUT2D eigenvalue weighted by molar-refractivity contribution is 0.167. The fourth-order valence-electron chi connectivity index (χ4n) is 5.37. The van der Waals surface area contributed by atoms with Crippen LogP contribution in [0.3, 0.4) is 0 Å². The molecule has 6 heteroatoms. The SMILES string of the molecule is CC1CCCN(C)c2ccc(cn2)-c2ccnc(n2)Nc2cccc(c2)CN2CCC(CC1)CC2. The van der Waals surface area contributed by atoms with Crippen LogP contribution in [0.15, 0.2) is 54.9 Å². The average Bonchev–Trinajstić information content (AvgIpc) is 2.88. The largest absolute Gasteiger partial charge is 0.360 e. The molecule has 6 nitrogen and oxygen atoms in total. The number of hydrogen-bond donors (Lipinski definition) is 1. The van der Waals surface area contributed by atoms with E-state index >= 15 is 0 Å². The molecule has 0 aliphatic carbocycles. The first kappa shape index (κ1) is 23.7. The molecule has 1 fully saturated rings. The highest BCUT2D eigenvalue weighted by Gasteiger charge is 2.20. The predicted molar refractivity (Wildman–Crippen MR) is 144 cm³/mol. The summed E-state index contributed by atoms with van der Waals surface area (Å²) >= 11 is 0. The van der Waals surface area contributed by atoms with Crippen LogP contribution in [0.4, 0.5) is 17.5 Å². The minimum Gasteiger partial charge on any atom is -0.360 e. The van der Waals surface area contributed by atoms with Gasteiger partial charge >= 0.3 is 0 Å². The zero-order valence-electron chi connectivity index (χ0n) is 21.2. The summed E-state index contributed by atoms with van der Waals surface area (Å²) in [6.07, 6.45) is 11.6. The Morgan fingerprint density at radius 1 is 0.914 bits per heavy atom. The second-order valence-electron chi connectivity index (χ2n) is 10.5. The minimum absolute atomic E-state index is 0.606. The molecule has 8 bridgehead atoms. The van der Waals surface area contributed by atoms with E-state index in [9.17, 15) is 0 Å². The van der Waals surface area contributed by atoms with Crippen molar-refractivity contribution in [2.24, 2.45) is 11.8 Å². The van der Waals surface area contributed by atoms with Crippen molar-refractivity contribution in [1.29, 1.82) is 0 Å². The van der Waals surface area contributed by atoms with Gasteiger partial charge in [-0.3, -0.25) is 4.90 Å². The molecular formula is C29H38N6. The van der Waals surface area contributed by atoms with Gasteiger partial charge in [-0.05, 0) is 86.5 Å². The summed E-state index contributed by atoms with van der Waals surface area (Å²) in [5.74, 6) is 3.30. The molecule has 5 aliphatic heterocycles. The maximum atomic E-state index is 4.76. The molecule has 3 aromatic rings. The van der Waals surface area contributed by atoms with Gasteiger partial charge in [0.2, 0.25) is 5.95 Å². The molecule has 5 aliphatic rings. The highest BCUT2D eigenvalue weighted by molar-refractivity contribution is 5.62. The van der Waals surface area contributed by atoms with Crippen molar-refractivity contribution in [3.63, 3.8) is 0 Å². The fraction of sp³-hybridized carbons (Fsp3) is 0.483. The average molecular weight is 471 g/mol. The third kappa shape index (κ3) is 6.37. The van der Waals surface area contributed by atoms with Crippen LogP contribution in [-0.4, -0.2) is 46.5 Å². The van der Waals surface area contributed by atoms with Crippen LogP contribution < -0.4 is 10.2 Å². The number of hydrogen-bond acceptors (Lipinski definition) is 6. The maximum Gasteiger partial charge on any atom is 0.227 e. The highest BCUT2D eigenvalue weighted by atomic mass is 15.2. The van der Waals surface area contributed by atoms with E-state index in [0.29, 0.717) is 5.95 Å². The second kappa shape index (κ2) is 11.2. The lowest BCUT2D eigenvalue weighted by Crippen LogP contribution is -2.33. The zero-order chi connectivity index (χ0) is 24.0. The van der Waals surface area contributed by atoms with Crippen molar-refractivity contribution in [3.05, 3.63) is 60.4 Å². The van der Waals surface area contributed by atoms with E-state index in [1.165, 1.54) is 57.2 Å². The lowest BCUT2D eigenvalue weighted by atomic mass is 9.88. The Morgan fingerprint density at radius 3 is 2.63 bits per heavy atom. The number of benzene rings is 1. The summed E-state index contributed by atoms with van der Waals surface area (Å²) in [6, 6.07) is 14.8. The number of nitrogens with zero attached hydrogens (tertiary/aromatic N) is 5. The molecule has 0 radical (unpaired) electrons. The molecule has 0 saturated carbocycles. The molecule has 0 spiro atoms. The summed E-state index contributed by atoms with van der Waals surface area (Å²) in [7, 11) is 2.14. The Labute approximate surface area is 209 Å². The van der Waals surface area contributed by atoms with E-state index in [2.05, 4.69) is 70.5 Å². The van der Waals surface area contributed by atoms with Crippen LogP contribution in [0.1, 0.15) is 51.0 Å². The number of anilines is 3. The van der Waals surface area contributed by atoms with Crippen LogP contribution in [-0.2, 0) is 6.54 Å². The van der Waals surface area contributed by atoms with E-state index in [1.54, 1.807) is 6.20 Å². The van der Waals surface area contributed by atoms with Gasteiger partial charge in [0.1, 0.15) is 5.82 Å². The van der Waals surface area contributed by atoms with E-state index in [4.69, 9.17) is 9.97 Å². The molecule has 7 heterocycles. The van der Waals surface area contributed by atoms with Crippen molar-refractivity contribution in [2.45, 2.75) is 52.0 Å². The third-order valence-electron chi connectivity index (χ3n) is 7.64. The Kier molecular flexibility index (Phi) is 7.57. The van der Waals surface area contributed by atoms with Crippen LogP contribution >= 0.6 is 0 Å². The van der Waals surface area contributed by atoms with Gasteiger partial charge in [-0.2, -0.15) is 0 Å². The molecule has 35 heavy (non-hydrogen) atoms. The molecule has 1 aromatic carbocycles. The van der Waals surface area contributed by atoms with Crippen LogP contribution in [0.2, 0.25) is 0 Å². The summed E-state index contributed by atoms with van der Waals surface area (Å²) in [4.78, 5) is 18.8. The Morgan fingerprint density at radius 2 is 1.80 bits per heavy atom. The van der Waals surface area contributed by atoms with Gasteiger partial charge in [-0.15, -0.1) is 0 Å². The molecule has 8 rings (SSSR count). The van der Waals surface area contributed by atoms with Gasteiger partial charge < -0.3 is 10.2 Å². The number of rotatable bonds is 0. The van der Waals surface area contributed by atoms with Crippen molar-refractivity contribution >= 4 is 17.5 Å². The summed E-state index contributed by atoms with van der Waals surface area (Å²) in [6.45, 7) is 6.88. The smallest absolute Gasteiger partial charge is 0.227 e. The van der Waals surface area contributed by atoms with Gasteiger partial charge in [-0.1, -0.05) is 31.9 Å². The molecule has 1 atom stereocenters. The van der Waals surface area contributed by atoms with E-state index in [1.807, 2.05) is 12.3 Å². The van der Waals surface area contributed by atoms with Gasteiger partial charge in [0, 0.05) is 43.8 Å². The summed E-state index contributed by atoms with van der Waals surface area (Å²) in [5, 5.41) is 3.40. The van der Waals surface area contributed by atoms with Crippen molar-refractivity contribution in [3.8, 4) is 11.3 Å². The fourth-order valence-corrected chi connectivity index (χ4v) is 5.37. The first-order valence-electron chi connectivity index (χ1n) is 13.2. The Hall–Kier alpha value is -2.99. The second-order valence-corrected chi connectivity index (χ2v) is 10.5. The zero-order valence-corrected chi connectivity index (χ0v) is 21.2. The van der Waals surface area contributed by atoms with Crippen LogP contribution in [0.25, 0.3) is 11.3 Å². The molecule has 1 N–H and O–H groups in total. The quantitative estimate of drug-likeness (QED) is 0.426. The monoisotopic (exact) mass is 470 g/mol. The first-order chi connectivity index (χ1) is 17.1. The Balaban J connectivity index is 1.37. The standard InChI is InChI=1S/C29H38N6/c1-22-5-4-16-34(2)28-11-10-25(20-31-28)27-12-15-30-29(33-27)32-26-7-3-6-24(19-26)21-35-17-13-23(9-8-22)14-18-35/h3,6-7,10-12,15,19-20,22-23H,4-5,8-9,13-14,16-18,21H2,1-2H3,(H,30,32,33). The predicted octanol–water partition coefficient (Wildman–Crippen LogP) is 6.14. The number of piperidine rings is 1. The van der Waals surface area contributed by atoms with E-state index in [-0.39, 0.29) is 0 Å². The minimum atomic E-state index is 0.606. The lowest BCUT2D eigenvalue weighted by Gasteiger charge is -2.32. The van der Waals surface area contributed by atoms with E-state index < -0.39 is 0 Å². The summed E-state index contributed by atoms with van der Waals surface area (Å²) < 4.78 is 0. The summed E-state index contributed by atoms with van der Waals surface area (Å²) in [5.41, 5.74) is 4.23. The van der Waals surface area contributed by atoms with E-state index in [0.717, 1.165) is 47.7 Å². The number of aromatic nitrogens is 3. The highest BCUT2D eigenvalue weighted by Crippen LogP contribution is 2.27. The van der Waals surface area contributed by atoms with Gasteiger partial charge in [0.05, 0.1) is 5.69 Å². The van der Waals surface area contributed by atoms with Gasteiger partial charge in [0.15, 0.2) is 0 Å². The van der Waals surface area contributed by atoms with Crippen LogP contribution in [0, 0.1) is 11.8 Å². The maximum absolute atomic E-state index is 4.76. The molecule has 2 aromatic heterocycles. The van der Waals surface area contributed by atoms with Crippen molar-refractivity contribution < 1.29 is 0 Å². The molecule has 184 valence electrons. The molecule has 0 amide bonds. The first-order valence-corrected chi connectivity index (χ1v) is 13.2. The van der Waals surface area contributed by atoms with Crippen LogP contribution in [0.5, 0.6) is 0 Å². The topological polar surface area (TPSA) is 57.2 Å². The molecular weight excluding hydrogens is 432 g/mol. The number of nitrogens with one attached hydrogen (secondary N) is 1. The van der Waals surface area contributed by atoms with Crippen molar-refractivity contribution in [1.82, 2.24) is 19.9 Å². The number of pyridine rings is 1. The molecule has 1 unspecified atom stereocenters. The normalized spacial score (nSPS) is 23.6. The van der Waals surface area contributed by atoms with Gasteiger partial charge in [0.25, 0.3) is 0 Å². The third-order valence-corrected chi connectivity index (χ3v) is 7.64. The van der Waals surface area contributed by atoms with Crippen molar-refractivity contribution in [2.75, 3.05) is 36.9 Å². The van der Waals surface area contributed by atoms with Gasteiger partial charge in [-0.25, -0.2) is 15.0 Å².